The Morgan fingerprint density at radius 2 is 2.44 bits per heavy atom. The van der Waals surface area contributed by atoms with Gasteiger partial charge in [-0.3, -0.25) is 4.79 Å². The summed E-state index contributed by atoms with van der Waals surface area (Å²) in [4.78, 5) is 17.7. The van der Waals surface area contributed by atoms with Crippen molar-refractivity contribution in [2.75, 3.05) is 24.5 Å². The monoisotopic (exact) mass is 220 g/mol. The van der Waals surface area contributed by atoms with E-state index in [0.717, 1.165) is 24.6 Å². The Morgan fingerprint density at radius 3 is 3.12 bits per heavy atom. The Kier molecular flexibility index (Phi) is 3.05. The zero-order chi connectivity index (χ0) is 11.5. The third kappa shape index (κ3) is 2.14. The maximum absolute atomic E-state index is 11.3. The molecule has 86 valence electrons. The van der Waals surface area contributed by atoms with Gasteiger partial charge in [-0.1, -0.05) is 6.07 Å². The molecule has 0 bridgehead atoms. The van der Waals surface area contributed by atoms with Crippen LogP contribution in [0.15, 0.2) is 18.2 Å². The van der Waals surface area contributed by atoms with Crippen LogP contribution < -0.4 is 16.0 Å². The summed E-state index contributed by atoms with van der Waals surface area (Å²) in [5.41, 5.74) is 6.33. The highest BCUT2D eigenvalue weighted by Gasteiger charge is 2.27. The van der Waals surface area contributed by atoms with Crippen LogP contribution in [0.25, 0.3) is 0 Å². The molecule has 1 saturated heterocycles. The van der Waals surface area contributed by atoms with Crippen LogP contribution in [0.1, 0.15) is 5.69 Å². The Hall–Kier alpha value is -1.62. The maximum Gasteiger partial charge on any atom is 0.241 e. The van der Waals surface area contributed by atoms with Gasteiger partial charge < -0.3 is 16.0 Å². The van der Waals surface area contributed by atoms with Crippen LogP contribution in [-0.2, 0) is 4.79 Å². The molecule has 1 unspecified atom stereocenters. The number of nitrogens with two attached hydrogens (primary N) is 1. The smallest absolute Gasteiger partial charge is 0.241 e. The normalized spacial score (nSPS) is 20.8. The molecule has 0 spiro atoms. The average Bonchev–Trinajstić information content (AvgIpc) is 2.29. The lowest BCUT2D eigenvalue weighted by Gasteiger charge is -2.35. The number of aryl methyl sites for hydroxylation is 1. The van der Waals surface area contributed by atoms with Crippen molar-refractivity contribution in [1.29, 1.82) is 0 Å². The molecular weight excluding hydrogens is 204 g/mol. The molecule has 1 aromatic heterocycles. The molecule has 1 aromatic rings. The molecule has 0 aliphatic carbocycles. The number of nitrogens with one attached hydrogen (secondary N) is 1. The van der Waals surface area contributed by atoms with Crippen LogP contribution in [0.5, 0.6) is 0 Å². The van der Waals surface area contributed by atoms with Gasteiger partial charge in [0.2, 0.25) is 5.91 Å². The standard InChI is InChI=1S/C11H16N4O/c1-8-3-2-4-10(14-8)15-6-5-13-7-9(15)11(12)16/h2-4,9,13H,5-7H2,1H3,(H2,12,16). The molecule has 0 saturated carbocycles. The fourth-order valence-corrected chi connectivity index (χ4v) is 1.92. The van der Waals surface area contributed by atoms with Crippen LogP contribution in [0.4, 0.5) is 5.82 Å². The van der Waals surface area contributed by atoms with Crippen LogP contribution in [0.3, 0.4) is 0 Å². The Bertz CT molecular complexity index is 393. The van der Waals surface area contributed by atoms with E-state index in [1.54, 1.807) is 0 Å². The molecule has 0 radical (unpaired) electrons. The van der Waals surface area contributed by atoms with Gasteiger partial charge >= 0.3 is 0 Å². The summed E-state index contributed by atoms with van der Waals surface area (Å²) in [6.45, 7) is 4.12. The summed E-state index contributed by atoms with van der Waals surface area (Å²) in [6, 6.07) is 5.49. The molecule has 16 heavy (non-hydrogen) atoms. The van der Waals surface area contributed by atoms with E-state index in [1.165, 1.54) is 0 Å². The van der Waals surface area contributed by atoms with Crippen molar-refractivity contribution in [3.63, 3.8) is 0 Å². The molecule has 3 N–H and O–H groups in total. The minimum atomic E-state index is -0.310. The molecule has 5 nitrogen and oxygen atoms in total. The highest BCUT2D eigenvalue weighted by atomic mass is 16.1. The second kappa shape index (κ2) is 4.49. The lowest BCUT2D eigenvalue weighted by Crippen LogP contribution is -2.57. The summed E-state index contributed by atoms with van der Waals surface area (Å²) in [6.07, 6.45) is 0. The molecule has 5 heteroatoms. The molecule has 1 amide bonds. The first kappa shape index (κ1) is 10.9. The number of anilines is 1. The fraction of sp³-hybridized carbons (Fsp3) is 0.455. The van der Waals surface area contributed by atoms with Crippen LogP contribution in [0, 0.1) is 6.92 Å². The maximum atomic E-state index is 11.3. The van der Waals surface area contributed by atoms with Crippen LogP contribution in [0.2, 0.25) is 0 Å². The van der Waals surface area contributed by atoms with Gasteiger partial charge in [0.05, 0.1) is 0 Å². The van der Waals surface area contributed by atoms with E-state index in [2.05, 4.69) is 10.3 Å². The van der Waals surface area contributed by atoms with Crippen molar-refractivity contribution in [3.8, 4) is 0 Å². The number of primary amides is 1. The van der Waals surface area contributed by atoms with Gasteiger partial charge in [-0.2, -0.15) is 0 Å². The predicted octanol–water partition coefficient (Wildman–Crippen LogP) is -0.346. The van der Waals surface area contributed by atoms with E-state index < -0.39 is 0 Å². The quantitative estimate of drug-likeness (QED) is 0.715. The molecule has 0 aromatic carbocycles. The van der Waals surface area contributed by atoms with Gasteiger partial charge in [0, 0.05) is 25.3 Å². The minimum absolute atomic E-state index is 0.303. The number of nitrogens with zero attached hydrogens (tertiary/aromatic N) is 2. The Balaban J connectivity index is 2.26. The first-order valence-electron chi connectivity index (χ1n) is 5.39. The van der Waals surface area contributed by atoms with Crippen molar-refractivity contribution in [1.82, 2.24) is 10.3 Å². The number of pyridine rings is 1. The number of rotatable bonds is 2. The lowest BCUT2D eigenvalue weighted by atomic mass is 10.2. The highest BCUT2D eigenvalue weighted by molar-refractivity contribution is 5.83. The van der Waals surface area contributed by atoms with Gasteiger partial charge in [0.25, 0.3) is 0 Å². The van der Waals surface area contributed by atoms with Crippen LogP contribution in [-0.4, -0.2) is 36.6 Å². The molecule has 1 aliphatic heterocycles. The predicted molar refractivity (Wildman–Crippen MR) is 62.2 cm³/mol. The summed E-state index contributed by atoms with van der Waals surface area (Å²) in [5.74, 6) is 0.515. The van der Waals surface area contributed by atoms with Crippen molar-refractivity contribution in [2.45, 2.75) is 13.0 Å². The van der Waals surface area contributed by atoms with Crippen molar-refractivity contribution < 1.29 is 4.79 Å². The first-order chi connectivity index (χ1) is 7.68. The first-order valence-corrected chi connectivity index (χ1v) is 5.39. The van der Waals surface area contributed by atoms with E-state index in [1.807, 2.05) is 30.0 Å². The van der Waals surface area contributed by atoms with E-state index in [-0.39, 0.29) is 11.9 Å². The molecule has 1 aliphatic rings. The molecular formula is C11H16N4O. The average molecular weight is 220 g/mol. The second-order valence-corrected chi connectivity index (χ2v) is 3.95. The van der Waals surface area contributed by atoms with E-state index in [4.69, 9.17) is 5.73 Å². The van der Waals surface area contributed by atoms with Gasteiger partial charge in [0.15, 0.2) is 0 Å². The number of carbonyl (C=O) groups is 1. The molecule has 1 atom stereocenters. The van der Waals surface area contributed by atoms with Crippen molar-refractivity contribution >= 4 is 11.7 Å². The summed E-state index contributed by atoms with van der Waals surface area (Å²) < 4.78 is 0. The van der Waals surface area contributed by atoms with Crippen LogP contribution >= 0.6 is 0 Å². The zero-order valence-electron chi connectivity index (χ0n) is 9.31. The largest absolute Gasteiger partial charge is 0.368 e. The third-order valence-electron chi connectivity index (χ3n) is 2.74. The second-order valence-electron chi connectivity index (χ2n) is 3.95. The minimum Gasteiger partial charge on any atom is -0.368 e. The lowest BCUT2D eigenvalue weighted by molar-refractivity contribution is -0.119. The van der Waals surface area contributed by atoms with E-state index in [0.29, 0.717) is 6.54 Å². The number of hydrogen-bond donors (Lipinski definition) is 2. The van der Waals surface area contributed by atoms with E-state index in [9.17, 15) is 4.79 Å². The van der Waals surface area contributed by atoms with Gasteiger partial charge in [-0.25, -0.2) is 4.98 Å². The molecule has 1 fully saturated rings. The van der Waals surface area contributed by atoms with E-state index >= 15 is 0 Å². The highest BCUT2D eigenvalue weighted by Crippen LogP contribution is 2.15. The Labute approximate surface area is 94.6 Å². The number of carbonyl (C=O) groups excluding carboxylic acids is 1. The van der Waals surface area contributed by atoms with Crippen molar-refractivity contribution in [3.05, 3.63) is 23.9 Å². The topological polar surface area (TPSA) is 71.2 Å². The molecule has 2 heterocycles. The number of hydrogen-bond acceptors (Lipinski definition) is 4. The summed E-state index contributed by atoms with van der Waals surface area (Å²) in [5, 5.41) is 3.16. The zero-order valence-corrected chi connectivity index (χ0v) is 9.31. The summed E-state index contributed by atoms with van der Waals surface area (Å²) in [7, 11) is 0. The SMILES string of the molecule is Cc1cccc(N2CCNCC2C(N)=O)n1. The third-order valence-corrected chi connectivity index (χ3v) is 2.74. The van der Waals surface area contributed by atoms with Gasteiger partial charge in [-0.05, 0) is 19.1 Å². The number of amides is 1. The Morgan fingerprint density at radius 1 is 1.62 bits per heavy atom. The number of piperazine rings is 1. The van der Waals surface area contributed by atoms with Gasteiger partial charge in [-0.15, -0.1) is 0 Å². The van der Waals surface area contributed by atoms with Gasteiger partial charge in [0.1, 0.15) is 11.9 Å². The number of aromatic nitrogens is 1. The summed E-state index contributed by atoms with van der Waals surface area (Å²) >= 11 is 0. The fourth-order valence-electron chi connectivity index (χ4n) is 1.92. The van der Waals surface area contributed by atoms with Crippen molar-refractivity contribution in [2.24, 2.45) is 5.73 Å². The molecule has 2 rings (SSSR count).